The second kappa shape index (κ2) is 15.2. The van der Waals surface area contributed by atoms with Gasteiger partial charge in [0.1, 0.15) is 7.14 Å². The van der Waals surface area contributed by atoms with Crippen LogP contribution in [0.4, 0.5) is 0 Å². The van der Waals surface area contributed by atoms with Crippen molar-refractivity contribution in [3.8, 4) is 67.5 Å². The molecule has 7 aromatic carbocycles. The van der Waals surface area contributed by atoms with Crippen molar-refractivity contribution in [1.82, 2.24) is 15.0 Å². The van der Waals surface area contributed by atoms with Gasteiger partial charge in [0.05, 0.1) is 0 Å². The first-order valence-corrected chi connectivity index (χ1v) is 23.4. The molecule has 1 aromatic heterocycles. The van der Waals surface area contributed by atoms with Crippen LogP contribution in [0, 0.1) is 11.8 Å². The van der Waals surface area contributed by atoms with Crippen molar-refractivity contribution in [2.24, 2.45) is 11.8 Å². The maximum Gasteiger partial charge on any atom is 0.164 e. The van der Waals surface area contributed by atoms with E-state index in [4.69, 9.17) is 15.0 Å². The highest BCUT2D eigenvalue weighted by Crippen LogP contribution is 2.60. The fraction of sp³-hybridized carbons (Fsp3) is 0.167. The molecule has 2 aliphatic rings. The summed E-state index contributed by atoms with van der Waals surface area (Å²) in [6, 6.07) is 64.4. The standard InChI is InChI=1S/C54H46N3OP/c1-59(2,58)48-17-11-16-44(35-48)38-25-30-45(31-26-38)54(36-37-20-29-47(54)34-37)46-32-27-43(28-33-46)53-56-51(41-14-7-4-8-15-41)55-52(57-53)42-23-21-40(22-24-42)50-19-10-9-18-49(50)39-12-5-3-6-13-39/h3-19,21-28,30-33,35,37,47H,20,29,34,36H2,1-2H3. The third kappa shape index (κ3) is 7.06. The van der Waals surface area contributed by atoms with E-state index < -0.39 is 7.14 Å². The third-order valence-electron chi connectivity index (χ3n) is 12.8. The van der Waals surface area contributed by atoms with Crippen molar-refractivity contribution in [1.29, 1.82) is 0 Å². The van der Waals surface area contributed by atoms with Crippen LogP contribution in [-0.2, 0) is 9.98 Å². The molecule has 0 radical (unpaired) electrons. The first kappa shape index (κ1) is 37.1. The number of hydrogen-bond donors (Lipinski definition) is 0. The zero-order chi connectivity index (χ0) is 40.0. The Balaban J connectivity index is 0.996. The van der Waals surface area contributed by atoms with Crippen LogP contribution in [0.1, 0.15) is 36.8 Å². The Labute approximate surface area is 347 Å². The second-order valence-corrected chi connectivity index (χ2v) is 20.0. The van der Waals surface area contributed by atoms with Gasteiger partial charge in [-0.3, -0.25) is 0 Å². The Bertz CT molecular complexity index is 2820. The minimum atomic E-state index is -2.35. The fourth-order valence-electron chi connectivity index (χ4n) is 9.85. The molecular formula is C54H46N3OP. The lowest BCUT2D eigenvalue weighted by Gasteiger charge is -2.39. The molecule has 2 aliphatic carbocycles. The van der Waals surface area contributed by atoms with Gasteiger partial charge in [-0.2, -0.15) is 0 Å². The fourth-order valence-corrected chi connectivity index (χ4v) is 10.7. The zero-order valence-corrected chi connectivity index (χ0v) is 34.4. The van der Waals surface area contributed by atoms with E-state index in [-0.39, 0.29) is 5.41 Å². The number of rotatable bonds is 9. The summed E-state index contributed by atoms with van der Waals surface area (Å²) in [5, 5.41) is 0.920. The molecule has 0 spiro atoms. The molecule has 0 saturated heterocycles. The molecule has 3 atom stereocenters. The molecule has 59 heavy (non-hydrogen) atoms. The topological polar surface area (TPSA) is 55.7 Å². The van der Waals surface area contributed by atoms with Gasteiger partial charge < -0.3 is 4.57 Å². The van der Waals surface area contributed by atoms with E-state index in [1.807, 2.05) is 43.7 Å². The Kier molecular flexibility index (Phi) is 9.54. The van der Waals surface area contributed by atoms with Crippen LogP contribution >= 0.6 is 7.14 Å². The van der Waals surface area contributed by atoms with Crippen molar-refractivity contribution in [2.45, 2.75) is 31.1 Å². The van der Waals surface area contributed by atoms with Gasteiger partial charge >= 0.3 is 0 Å². The van der Waals surface area contributed by atoms with Crippen molar-refractivity contribution >= 4 is 12.4 Å². The van der Waals surface area contributed by atoms with E-state index in [0.29, 0.717) is 23.4 Å². The lowest BCUT2D eigenvalue weighted by Crippen LogP contribution is -2.34. The van der Waals surface area contributed by atoms with Gasteiger partial charge in [0, 0.05) is 27.4 Å². The summed E-state index contributed by atoms with van der Waals surface area (Å²) in [6.45, 7) is 3.68. The summed E-state index contributed by atoms with van der Waals surface area (Å²) in [7, 11) is -2.35. The quantitative estimate of drug-likeness (QED) is 0.137. The first-order chi connectivity index (χ1) is 28.8. The summed E-state index contributed by atoms with van der Waals surface area (Å²) in [6.07, 6.45) is 5.02. The monoisotopic (exact) mass is 783 g/mol. The van der Waals surface area contributed by atoms with Crippen LogP contribution < -0.4 is 5.30 Å². The number of aromatic nitrogens is 3. The maximum absolute atomic E-state index is 12.9. The Morgan fingerprint density at radius 1 is 0.458 bits per heavy atom. The van der Waals surface area contributed by atoms with Crippen molar-refractivity contribution in [3.05, 3.63) is 193 Å². The van der Waals surface area contributed by atoms with E-state index in [1.165, 1.54) is 53.5 Å². The predicted octanol–water partition coefficient (Wildman–Crippen LogP) is 13.2. The third-order valence-corrected chi connectivity index (χ3v) is 14.4. The molecule has 288 valence electrons. The maximum atomic E-state index is 12.9. The van der Waals surface area contributed by atoms with Gasteiger partial charge in [0.15, 0.2) is 17.5 Å². The number of fused-ring (bicyclic) bond motifs is 2. The summed E-state index contributed by atoms with van der Waals surface area (Å²) < 4.78 is 12.9. The normalized spacial score (nSPS) is 18.5. The van der Waals surface area contributed by atoms with Crippen LogP contribution in [0.15, 0.2) is 182 Å². The minimum Gasteiger partial charge on any atom is -0.319 e. The largest absolute Gasteiger partial charge is 0.319 e. The number of hydrogen-bond acceptors (Lipinski definition) is 4. The average Bonchev–Trinajstić information content (AvgIpc) is 3.93. The molecule has 0 aliphatic heterocycles. The second-order valence-electron chi connectivity index (χ2n) is 16.8. The van der Waals surface area contributed by atoms with E-state index in [0.717, 1.165) is 44.6 Å². The molecule has 4 nitrogen and oxygen atoms in total. The van der Waals surface area contributed by atoms with Crippen LogP contribution in [0.5, 0.6) is 0 Å². The molecule has 3 unspecified atom stereocenters. The van der Waals surface area contributed by atoms with E-state index >= 15 is 0 Å². The summed E-state index contributed by atoms with van der Waals surface area (Å²) in [5.74, 6) is 3.32. The molecule has 2 saturated carbocycles. The first-order valence-electron chi connectivity index (χ1n) is 20.8. The van der Waals surface area contributed by atoms with Crippen molar-refractivity contribution in [3.63, 3.8) is 0 Å². The van der Waals surface area contributed by atoms with Gasteiger partial charge in [-0.05, 0) is 95.0 Å². The molecule has 10 rings (SSSR count). The van der Waals surface area contributed by atoms with Gasteiger partial charge in [0.2, 0.25) is 0 Å². The Hall–Kier alpha value is -6.22. The highest BCUT2D eigenvalue weighted by Gasteiger charge is 2.52. The Morgan fingerprint density at radius 3 is 1.41 bits per heavy atom. The van der Waals surface area contributed by atoms with Gasteiger partial charge in [-0.25, -0.2) is 15.0 Å². The summed E-state index contributed by atoms with van der Waals surface area (Å²) in [4.78, 5) is 15.2. The SMILES string of the molecule is CP(C)(=O)c1cccc(-c2ccc(C3(c4ccc(-c5nc(-c6ccccc6)nc(-c6ccc(-c7ccccc7-c7ccccc7)cc6)n5)cc4)CC4CCC3C4)cc2)c1. The lowest BCUT2D eigenvalue weighted by molar-refractivity contribution is 0.320. The molecule has 2 bridgehead atoms. The summed E-state index contributed by atoms with van der Waals surface area (Å²) in [5.41, 5.74) is 12.6. The minimum absolute atomic E-state index is 0.0370. The van der Waals surface area contributed by atoms with Crippen molar-refractivity contribution in [2.75, 3.05) is 13.3 Å². The Morgan fingerprint density at radius 2 is 0.898 bits per heavy atom. The lowest BCUT2D eigenvalue weighted by atomic mass is 9.64. The van der Waals surface area contributed by atoms with Crippen LogP contribution in [0.2, 0.25) is 0 Å². The molecule has 1 heterocycles. The molecule has 0 amide bonds. The molecule has 8 aromatic rings. The molecule has 5 heteroatoms. The van der Waals surface area contributed by atoms with Gasteiger partial charge in [-0.15, -0.1) is 0 Å². The van der Waals surface area contributed by atoms with Crippen LogP contribution in [-0.4, -0.2) is 28.3 Å². The van der Waals surface area contributed by atoms with E-state index in [1.54, 1.807) is 0 Å². The summed E-state index contributed by atoms with van der Waals surface area (Å²) >= 11 is 0. The molecule has 0 N–H and O–H groups in total. The molecular weight excluding hydrogens is 738 g/mol. The number of nitrogens with zero attached hydrogens (tertiary/aromatic N) is 3. The average molecular weight is 784 g/mol. The predicted molar refractivity (Wildman–Crippen MR) is 244 cm³/mol. The van der Waals surface area contributed by atoms with E-state index in [9.17, 15) is 4.57 Å². The van der Waals surface area contributed by atoms with Crippen LogP contribution in [0.3, 0.4) is 0 Å². The highest BCUT2D eigenvalue weighted by atomic mass is 31.2. The van der Waals surface area contributed by atoms with Crippen molar-refractivity contribution < 1.29 is 4.57 Å². The highest BCUT2D eigenvalue weighted by molar-refractivity contribution is 7.70. The smallest absolute Gasteiger partial charge is 0.164 e. The number of benzene rings is 7. The van der Waals surface area contributed by atoms with Gasteiger partial charge in [-0.1, -0.05) is 182 Å². The zero-order valence-electron chi connectivity index (χ0n) is 33.5. The molecule has 2 fully saturated rings. The van der Waals surface area contributed by atoms with Gasteiger partial charge in [0.25, 0.3) is 0 Å². The van der Waals surface area contributed by atoms with E-state index in [2.05, 4.69) is 152 Å². The van der Waals surface area contributed by atoms with Crippen LogP contribution in [0.25, 0.3) is 67.5 Å².